The number of carbonyl (C=O) groups excluding carboxylic acids is 1. The number of anilines is 1. The van der Waals surface area contributed by atoms with Crippen molar-refractivity contribution >= 4 is 11.6 Å². The molecule has 0 bridgehead atoms. The summed E-state index contributed by atoms with van der Waals surface area (Å²) in [6.07, 6.45) is 1.39. The highest BCUT2D eigenvalue weighted by molar-refractivity contribution is 5.96. The van der Waals surface area contributed by atoms with Gasteiger partial charge in [-0.3, -0.25) is 9.89 Å². The van der Waals surface area contributed by atoms with Gasteiger partial charge in [0, 0.05) is 7.05 Å². The Morgan fingerprint density at radius 2 is 2.60 bits per heavy atom. The summed E-state index contributed by atoms with van der Waals surface area (Å²) in [5.41, 5.74) is 6.03. The van der Waals surface area contributed by atoms with Gasteiger partial charge >= 0.3 is 0 Å². The third kappa shape index (κ3) is 0.928. The molecule has 1 aromatic rings. The minimum absolute atomic E-state index is 0.255. The molecule has 0 atom stereocenters. The smallest absolute Gasteiger partial charge is 0.271 e. The molecule has 4 N–H and O–H groups in total. The third-order valence-corrected chi connectivity index (χ3v) is 1.12. The van der Waals surface area contributed by atoms with E-state index in [1.807, 2.05) is 0 Å². The van der Waals surface area contributed by atoms with Crippen LogP contribution in [0.4, 0.5) is 5.69 Å². The average molecular weight is 140 g/mol. The van der Waals surface area contributed by atoms with Crippen molar-refractivity contribution in [3.8, 4) is 0 Å². The number of carbonyl (C=O) groups is 1. The van der Waals surface area contributed by atoms with Crippen LogP contribution in [0, 0.1) is 0 Å². The summed E-state index contributed by atoms with van der Waals surface area (Å²) in [5.74, 6) is -0.255. The van der Waals surface area contributed by atoms with Crippen molar-refractivity contribution in [2.45, 2.75) is 0 Å². The van der Waals surface area contributed by atoms with Crippen LogP contribution in [-0.4, -0.2) is 23.2 Å². The molecule has 0 aliphatic rings. The molecule has 0 unspecified atom stereocenters. The topological polar surface area (TPSA) is 83.8 Å². The van der Waals surface area contributed by atoms with Gasteiger partial charge in [-0.15, -0.1) is 0 Å². The maximum Gasteiger partial charge on any atom is 0.271 e. The van der Waals surface area contributed by atoms with E-state index in [0.717, 1.165) is 0 Å². The van der Waals surface area contributed by atoms with Gasteiger partial charge in [0.2, 0.25) is 0 Å². The summed E-state index contributed by atoms with van der Waals surface area (Å²) < 4.78 is 0. The van der Waals surface area contributed by atoms with Crippen LogP contribution in [0.1, 0.15) is 10.5 Å². The zero-order valence-electron chi connectivity index (χ0n) is 5.51. The molecule has 0 saturated heterocycles. The Morgan fingerprint density at radius 1 is 1.90 bits per heavy atom. The van der Waals surface area contributed by atoms with Gasteiger partial charge < -0.3 is 11.1 Å². The van der Waals surface area contributed by atoms with E-state index in [2.05, 4.69) is 15.5 Å². The second-order valence-corrected chi connectivity index (χ2v) is 1.78. The Morgan fingerprint density at radius 3 is 3.00 bits per heavy atom. The summed E-state index contributed by atoms with van der Waals surface area (Å²) in [7, 11) is 1.53. The molecule has 1 amide bonds. The van der Waals surface area contributed by atoms with Crippen molar-refractivity contribution in [3.05, 3.63) is 11.9 Å². The van der Waals surface area contributed by atoms with Gasteiger partial charge in [0.15, 0.2) is 0 Å². The monoisotopic (exact) mass is 140 g/mol. The van der Waals surface area contributed by atoms with Crippen LogP contribution in [0.15, 0.2) is 6.20 Å². The number of rotatable bonds is 1. The van der Waals surface area contributed by atoms with E-state index >= 15 is 0 Å². The maximum absolute atomic E-state index is 10.8. The van der Waals surface area contributed by atoms with Gasteiger partial charge in [0.05, 0.1) is 11.9 Å². The number of H-pyrrole nitrogens is 1. The Kier molecular flexibility index (Phi) is 1.57. The van der Waals surface area contributed by atoms with E-state index in [9.17, 15) is 4.79 Å². The predicted molar refractivity (Wildman–Crippen MR) is 36.4 cm³/mol. The molecule has 5 heteroatoms. The second kappa shape index (κ2) is 2.38. The van der Waals surface area contributed by atoms with Gasteiger partial charge in [-0.2, -0.15) is 5.10 Å². The molecular weight excluding hydrogens is 132 g/mol. The number of hydrogen-bond donors (Lipinski definition) is 3. The van der Waals surface area contributed by atoms with Crippen LogP contribution in [0.3, 0.4) is 0 Å². The number of aromatic amines is 1. The molecular formula is C5H8N4O. The molecule has 1 rings (SSSR count). The molecule has 1 heterocycles. The van der Waals surface area contributed by atoms with Gasteiger partial charge in [0.1, 0.15) is 5.69 Å². The normalized spacial score (nSPS) is 9.30. The molecule has 0 radical (unpaired) electrons. The molecule has 5 nitrogen and oxygen atoms in total. The van der Waals surface area contributed by atoms with Crippen LogP contribution >= 0.6 is 0 Å². The Labute approximate surface area is 57.6 Å². The van der Waals surface area contributed by atoms with Gasteiger partial charge in [-0.25, -0.2) is 0 Å². The van der Waals surface area contributed by atoms with Crippen LogP contribution in [0.25, 0.3) is 0 Å². The van der Waals surface area contributed by atoms with Crippen molar-refractivity contribution in [1.29, 1.82) is 0 Å². The van der Waals surface area contributed by atoms with E-state index in [4.69, 9.17) is 5.73 Å². The van der Waals surface area contributed by atoms with Crippen molar-refractivity contribution < 1.29 is 4.79 Å². The highest BCUT2D eigenvalue weighted by atomic mass is 16.1. The SMILES string of the molecule is CNC(=O)c1[nH]ncc1N. The lowest BCUT2D eigenvalue weighted by atomic mass is 10.3. The van der Waals surface area contributed by atoms with Crippen molar-refractivity contribution in [3.63, 3.8) is 0 Å². The number of hydrogen-bond acceptors (Lipinski definition) is 3. The fourth-order valence-corrected chi connectivity index (χ4v) is 0.602. The Hall–Kier alpha value is -1.52. The molecule has 0 fully saturated rings. The number of nitrogens with two attached hydrogens (primary N) is 1. The number of nitrogens with one attached hydrogen (secondary N) is 2. The molecule has 0 saturated carbocycles. The van der Waals surface area contributed by atoms with Crippen LogP contribution in [0.2, 0.25) is 0 Å². The zero-order valence-corrected chi connectivity index (χ0v) is 5.51. The average Bonchev–Trinajstić information content (AvgIpc) is 2.34. The highest BCUT2D eigenvalue weighted by Crippen LogP contribution is 2.03. The first-order valence-corrected chi connectivity index (χ1v) is 2.76. The lowest BCUT2D eigenvalue weighted by Gasteiger charge is -1.94. The number of nitrogen functional groups attached to an aromatic ring is 1. The second-order valence-electron chi connectivity index (χ2n) is 1.78. The molecule has 0 aliphatic carbocycles. The van der Waals surface area contributed by atoms with E-state index in [1.165, 1.54) is 13.2 Å². The number of nitrogens with zero attached hydrogens (tertiary/aromatic N) is 1. The van der Waals surface area contributed by atoms with Crippen LogP contribution < -0.4 is 11.1 Å². The molecule has 0 aliphatic heterocycles. The van der Waals surface area contributed by atoms with Crippen LogP contribution in [0.5, 0.6) is 0 Å². The standard InChI is InChI=1S/C5H8N4O/c1-7-5(10)4-3(6)2-8-9-4/h2H,6H2,1H3,(H,7,10)(H,8,9). The molecule has 10 heavy (non-hydrogen) atoms. The lowest BCUT2D eigenvalue weighted by Crippen LogP contribution is -2.19. The summed E-state index contributed by atoms with van der Waals surface area (Å²) in [4.78, 5) is 10.8. The zero-order chi connectivity index (χ0) is 7.56. The molecule has 1 aromatic heterocycles. The van der Waals surface area contributed by atoms with Crippen molar-refractivity contribution in [2.75, 3.05) is 12.8 Å². The number of aromatic nitrogens is 2. The summed E-state index contributed by atoms with van der Waals surface area (Å²) in [6, 6.07) is 0. The first-order valence-electron chi connectivity index (χ1n) is 2.76. The van der Waals surface area contributed by atoms with E-state index in [1.54, 1.807) is 0 Å². The lowest BCUT2D eigenvalue weighted by molar-refractivity contribution is 0.0959. The van der Waals surface area contributed by atoms with E-state index in [-0.39, 0.29) is 5.91 Å². The predicted octanol–water partition coefficient (Wildman–Crippen LogP) is -0.649. The molecule has 54 valence electrons. The largest absolute Gasteiger partial charge is 0.396 e. The summed E-state index contributed by atoms with van der Waals surface area (Å²) in [5, 5.41) is 8.47. The van der Waals surface area contributed by atoms with Crippen LogP contribution in [-0.2, 0) is 0 Å². The van der Waals surface area contributed by atoms with Crippen molar-refractivity contribution in [2.24, 2.45) is 0 Å². The molecule has 0 spiro atoms. The fraction of sp³-hybridized carbons (Fsp3) is 0.200. The van der Waals surface area contributed by atoms with Gasteiger partial charge in [0.25, 0.3) is 5.91 Å². The third-order valence-electron chi connectivity index (χ3n) is 1.12. The maximum atomic E-state index is 10.8. The van der Waals surface area contributed by atoms with Crippen molar-refractivity contribution in [1.82, 2.24) is 15.5 Å². The Balaban J connectivity index is 2.93. The first kappa shape index (κ1) is 6.60. The first-order chi connectivity index (χ1) is 4.75. The van der Waals surface area contributed by atoms with E-state index < -0.39 is 0 Å². The van der Waals surface area contributed by atoms with Gasteiger partial charge in [-0.1, -0.05) is 0 Å². The summed E-state index contributed by atoms with van der Waals surface area (Å²) in [6.45, 7) is 0. The minimum atomic E-state index is -0.255. The Bertz CT molecular complexity index is 242. The minimum Gasteiger partial charge on any atom is -0.396 e. The summed E-state index contributed by atoms with van der Waals surface area (Å²) >= 11 is 0. The quantitative estimate of drug-likeness (QED) is 0.484. The number of amides is 1. The van der Waals surface area contributed by atoms with Gasteiger partial charge in [-0.05, 0) is 0 Å². The molecule has 0 aromatic carbocycles. The highest BCUT2D eigenvalue weighted by Gasteiger charge is 2.07. The van der Waals surface area contributed by atoms with E-state index in [0.29, 0.717) is 11.4 Å². The fourth-order valence-electron chi connectivity index (χ4n) is 0.602.